The highest BCUT2D eigenvalue weighted by Gasteiger charge is 2.20. The van der Waals surface area contributed by atoms with Crippen molar-refractivity contribution in [1.29, 1.82) is 0 Å². The zero-order chi connectivity index (χ0) is 18.6. The molecule has 0 N–H and O–H groups in total. The van der Waals surface area contributed by atoms with Crippen LogP contribution in [0.15, 0.2) is 48.5 Å². The molecule has 7 heteroatoms. The van der Waals surface area contributed by atoms with Gasteiger partial charge in [-0.1, -0.05) is 12.1 Å². The normalized spacial score (nSPS) is 14.4. The van der Waals surface area contributed by atoms with Crippen molar-refractivity contribution in [1.82, 2.24) is 9.36 Å². The summed E-state index contributed by atoms with van der Waals surface area (Å²) in [7, 11) is 1.68. The van der Waals surface area contributed by atoms with Gasteiger partial charge in [-0.15, -0.1) is 0 Å². The number of methoxy groups -OCH3 is 1. The number of rotatable bonds is 5. The van der Waals surface area contributed by atoms with E-state index in [9.17, 15) is 4.39 Å². The van der Waals surface area contributed by atoms with Crippen LogP contribution in [0.25, 0.3) is 0 Å². The van der Waals surface area contributed by atoms with Crippen molar-refractivity contribution in [2.45, 2.75) is 6.42 Å². The first-order valence-electron chi connectivity index (χ1n) is 8.92. The summed E-state index contributed by atoms with van der Waals surface area (Å²) in [6.45, 7) is 3.72. The van der Waals surface area contributed by atoms with Crippen molar-refractivity contribution in [3.63, 3.8) is 0 Å². The average molecular weight is 384 g/mol. The van der Waals surface area contributed by atoms with Gasteiger partial charge in [0.15, 0.2) is 0 Å². The molecule has 4 rings (SSSR count). The maximum absolute atomic E-state index is 13.0. The van der Waals surface area contributed by atoms with Crippen molar-refractivity contribution in [2.75, 3.05) is 43.1 Å². The molecule has 1 aliphatic rings. The molecule has 1 aromatic heterocycles. The third-order valence-electron chi connectivity index (χ3n) is 4.72. The fraction of sp³-hybridized carbons (Fsp3) is 0.300. The molecule has 140 valence electrons. The van der Waals surface area contributed by atoms with Gasteiger partial charge in [0, 0.05) is 49.8 Å². The van der Waals surface area contributed by atoms with E-state index in [1.54, 1.807) is 19.2 Å². The first kappa shape index (κ1) is 17.7. The highest BCUT2D eigenvalue weighted by atomic mass is 32.1. The first-order valence-corrected chi connectivity index (χ1v) is 9.69. The van der Waals surface area contributed by atoms with Crippen LogP contribution in [0.3, 0.4) is 0 Å². The lowest BCUT2D eigenvalue weighted by Gasteiger charge is -2.35. The molecule has 3 aromatic rings. The third kappa shape index (κ3) is 4.19. The van der Waals surface area contributed by atoms with Gasteiger partial charge in [0.1, 0.15) is 17.4 Å². The quantitative estimate of drug-likeness (QED) is 0.672. The van der Waals surface area contributed by atoms with E-state index in [0.717, 1.165) is 48.4 Å². The molecule has 0 aliphatic carbocycles. The SMILES string of the molecule is COc1ccc(N2CCN(c3nc(Cc4ccc(F)cc4)ns3)CC2)cc1. The molecule has 1 saturated heterocycles. The molecular weight excluding hydrogens is 363 g/mol. The number of halogens is 1. The largest absolute Gasteiger partial charge is 0.497 e. The van der Waals surface area contributed by atoms with Crippen LogP contribution in [0.4, 0.5) is 15.2 Å². The number of anilines is 2. The number of benzene rings is 2. The summed E-state index contributed by atoms with van der Waals surface area (Å²) in [4.78, 5) is 9.33. The fourth-order valence-corrected chi connectivity index (χ4v) is 3.92. The van der Waals surface area contributed by atoms with Crippen LogP contribution in [-0.4, -0.2) is 42.6 Å². The van der Waals surface area contributed by atoms with Crippen LogP contribution in [0, 0.1) is 5.82 Å². The predicted molar refractivity (Wildman–Crippen MR) is 107 cm³/mol. The predicted octanol–water partition coefficient (Wildman–Crippen LogP) is 3.60. The van der Waals surface area contributed by atoms with Gasteiger partial charge in [-0.25, -0.2) is 9.37 Å². The molecule has 0 spiro atoms. The van der Waals surface area contributed by atoms with Crippen molar-refractivity contribution in [2.24, 2.45) is 0 Å². The van der Waals surface area contributed by atoms with Crippen LogP contribution >= 0.6 is 11.5 Å². The van der Waals surface area contributed by atoms with E-state index in [-0.39, 0.29) is 5.82 Å². The molecule has 2 aromatic carbocycles. The minimum atomic E-state index is -0.222. The van der Waals surface area contributed by atoms with E-state index in [0.29, 0.717) is 6.42 Å². The van der Waals surface area contributed by atoms with Gasteiger partial charge < -0.3 is 14.5 Å². The second-order valence-corrected chi connectivity index (χ2v) is 7.20. The summed E-state index contributed by atoms with van der Waals surface area (Å²) in [5, 5.41) is 0.960. The topological polar surface area (TPSA) is 41.5 Å². The lowest BCUT2D eigenvalue weighted by molar-refractivity contribution is 0.415. The molecule has 0 bridgehead atoms. The summed E-state index contributed by atoms with van der Waals surface area (Å²) in [5.74, 6) is 1.44. The molecule has 5 nitrogen and oxygen atoms in total. The maximum Gasteiger partial charge on any atom is 0.205 e. The summed E-state index contributed by atoms with van der Waals surface area (Å²) in [6.07, 6.45) is 0.628. The molecule has 0 amide bonds. The summed E-state index contributed by atoms with van der Waals surface area (Å²) in [5.41, 5.74) is 2.23. The van der Waals surface area contributed by atoms with Crippen molar-refractivity contribution in [3.05, 3.63) is 65.7 Å². The Balaban J connectivity index is 1.35. The highest BCUT2D eigenvalue weighted by molar-refractivity contribution is 7.09. The number of ether oxygens (including phenoxy) is 1. The van der Waals surface area contributed by atoms with E-state index in [1.807, 2.05) is 12.1 Å². The number of piperazine rings is 1. The van der Waals surface area contributed by atoms with E-state index < -0.39 is 0 Å². The van der Waals surface area contributed by atoms with Crippen LogP contribution < -0.4 is 14.5 Å². The van der Waals surface area contributed by atoms with Gasteiger partial charge in [-0.2, -0.15) is 4.37 Å². The third-order valence-corrected chi connectivity index (χ3v) is 5.54. The van der Waals surface area contributed by atoms with Crippen LogP contribution in [0.1, 0.15) is 11.4 Å². The standard InChI is InChI=1S/C20H21FN4OS/c1-26-18-8-6-17(7-9-18)24-10-12-25(13-11-24)20-22-19(23-27-20)14-15-2-4-16(21)5-3-15/h2-9H,10-14H2,1H3. The van der Waals surface area contributed by atoms with Crippen LogP contribution in [0.5, 0.6) is 5.75 Å². The second-order valence-electron chi connectivity index (χ2n) is 6.47. The van der Waals surface area contributed by atoms with Gasteiger partial charge in [0.05, 0.1) is 7.11 Å². The number of hydrogen-bond donors (Lipinski definition) is 0. The minimum Gasteiger partial charge on any atom is -0.497 e. The Labute approximate surface area is 162 Å². The number of nitrogens with zero attached hydrogens (tertiary/aromatic N) is 4. The van der Waals surface area contributed by atoms with Crippen LogP contribution in [0.2, 0.25) is 0 Å². The lowest BCUT2D eigenvalue weighted by Crippen LogP contribution is -2.46. The van der Waals surface area contributed by atoms with Gasteiger partial charge >= 0.3 is 0 Å². The van der Waals surface area contributed by atoms with Crippen molar-refractivity contribution >= 4 is 22.4 Å². The zero-order valence-corrected chi connectivity index (χ0v) is 16.0. The van der Waals surface area contributed by atoms with E-state index in [2.05, 4.69) is 31.3 Å². The zero-order valence-electron chi connectivity index (χ0n) is 15.1. The molecule has 1 aliphatic heterocycles. The minimum absolute atomic E-state index is 0.222. The Morgan fingerprint density at radius 1 is 0.963 bits per heavy atom. The van der Waals surface area contributed by atoms with Gasteiger partial charge in [0.2, 0.25) is 5.13 Å². The lowest BCUT2D eigenvalue weighted by atomic mass is 10.1. The summed E-state index contributed by atoms with van der Waals surface area (Å²) >= 11 is 1.44. The van der Waals surface area contributed by atoms with Gasteiger partial charge in [0.25, 0.3) is 0 Å². The number of hydrogen-bond acceptors (Lipinski definition) is 6. The molecular formula is C20H21FN4OS. The van der Waals surface area contributed by atoms with Gasteiger partial charge in [-0.3, -0.25) is 0 Å². The van der Waals surface area contributed by atoms with Crippen molar-refractivity contribution in [3.8, 4) is 5.75 Å². The molecule has 0 radical (unpaired) electrons. The van der Waals surface area contributed by atoms with E-state index >= 15 is 0 Å². The number of aromatic nitrogens is 2. The average Bonchev–Trinajstić information content (AvgIpc) is 3.18. The Bertz CT molecular complexity index is 874. The highest BCUT2D eigenvalue weighted by Crippen LogP contribution is 2.24. The monoisotopic (exact) mass is 384 g/mol. The molecule has 27 heavy (non-hydrogen) atoms. The molecule has 0 saturated carbocycles. The smallest absolute Gasteiger partial charge is 0.205 e. The van der Waals surface area contributed by atoms with Crippen molar-refractivity contribution < 1.29 is 9.13 Å². The molecule has 1 fully saturated rings. The molecule has 0 unspecified atom stereocenters. The second kappa shape index (κ2) is 7.92. The molecule has 2 heterocycles. The fourth-order valence-electron chi connectivity index (χ4n) is 3.18. The molecule has 0 atom stereocenters. The summed E-state index contributed by atoms with van der Waals surface area (Å²) in [6, 6.07) is 14.7. The first-order chi connectivity index (χ1) is 13.2. The Morgan fingerprint density at radius 3 is 2.30 bits per heavy atom. The summed E-state index contributed by atoms with van der Waals surface area (Å²) < 4.78 is 22.7. The van der Waals surface area contributed by atoms with E-state index in [4.69, 9.17) is 4.74 Å². The van der Waals surface area contributed by atoms with Crippen LogP contribution in [-0.2, 0) is 6.42 Å². The van der Waals surface area contributed by atoms with Gasteiger partial charge in [-0.05, 0) is 42.0 Å². The Hall–Kier alpha value is -2.67. The maximum atomic E-state index is 13.0. The Kier molecular flexibility index (Phi) is 5.20. The Morgan fingerprint density at radius 2 is 1.63 bits per heavy atom. The van der Waals surface area contributed by atoms with E-state index in [1.165, 1.54) is 29.4 Å².